The zero-order valence-electron chi connectivity index (χ0n) is 21.8. The highest BCUT2D eigenvalue weighted by Gasteiger charge is 2.29. The first-order valence-corrected chi connectivity index (χ1v) is 13.4. The summed E-state index contributed by atoms with van der Waals surface area (Å²) in [6.45, 7) is 4.32. The Morgan fingerprint density at radius 3 is 2.10 bits per heavy atom. The molecular formula is C31H30ClN5O2. The van der Waals surface area contributed by atoms with E-state index < -0.39 is 0 Å². The molecule has 0 radical (unpaired) electrons. The van der Waals surface area contributed by atoms with Crippen LogP contribution in [0.5, 0.6) is 0 Å². The number of hydrogen-bond donors (Lipinski definition) is 0. The molecule has 1 atom stereocenters. The van der Waals surface area contributed by atoms with E-state index in [9.17, 15) is 9.59 Å². The van der Waals surface area contributed by atoms with Gasteiger partial charge in [-0.25, -0.2) is 0 Å². The van der Waals surface area contributed by atoms with Crippen LogP contribution in [0.25, 0.3) is 11.3 Å². The zero-order valence-corrected chi connectivity index (χ0v) is 22.5. The van der Waals surface area contributed by atoms with Crippen LogP contribution in [-0.2, 0) is 4.79 Å². The van der Waals surface area contributed by atoms with Crippen molar-refractivity contribution in [2.75, 3.05) is 37.6 Å². The summed E-state index contributed by atoms with van der Waals surface area (Å²) in [6, 6.07) is 30.1. The molecule has 1 saturated heterocycles. The van der Waals surface area contributed by atoms with Crippen LogP contribution in [0.15, 0.2) is 97.1 Å². The van der Waals surface area contributed by atoms with Crippen molar-refractivity contribution in [2.45, 2.75) is 13.0 Å². The minimum atomic E-state index is -0.254. The maximum atomic E-state index is 13.5. The van der Waals surface area contributed by atoms with E-state index in [0.717, 1.165) is 16.9 Å². The summed E-state index contributed by atoms with van der Waals surface area (Å²) in [6.07, 6.45) is 0. The van der Waals surface area contributed by atoms with E-state index in [1.54, 1.807) is 17.0 Å². The highest BCUT2D eigenvalue weighted by Crippen LogP contribution is 2.27. The van der Waals surface area contributed by atoms with Gasteiger partial charge in [0.05, 0.1) is 16.8 Å². The van der Waals surface area contributed by atoms with Gasteiger partial charge in [0.2, 0.25) is 5.91 Å². The van der Waals surface area contributed by atoms with Crippen molar-refractivity contribution in [3.05, 3.63) is 113 Å². The van der Waals surface area contributed by atoms with E-state index in [1.807, 2.05) is 96.8 Å². The van der Waals surface area contributed by atoms with E-state index in [4.69, 9.17) is 11.6 Å². The van der Waals surface area contributed by atoms with Gasteiger partial charge >= 0.3 is 0 Å². The highest BCUT2D eigenvalue weighted by atomic mass is 35.5. The number of piperazine rings is 1. The minimum absolute atomic E-state index is 0.0100. The van der Waals surface area contributed by atoms with Crippen molar-refractivity contribution < 1.29 is 9.59 Å². The Balaban J connectivity index is 1.24. The van der Waals surface area contributed by atoms with Crippen LogP contribution >= 0.6 is 11.6 Å². The lowest BCUT2D eigenvalue weighted by atomic mass is 10.1. The fourth-order valence-electron chi connectivity index (χ4n) is 4.78. The maximum Gasteiger partial charge on any atom is 0.254 e. The van der Waals surface area contributed by atoms with Crippen molar-refractivity contribution in [1.29, 1.82) is 0 Å². The molecule has 1 aromatic heterocycles. The summed E-state index contributed by atoms with van der Waals surface area (Å²) < 4.78 is 0. The van der Waals surface area contributed by atoms with Crippen LogP contribution in [0.4, 0.5) is 5.82 Å². The second kappa shape index (κ2) is 12.1. The lowest BCUT2D eigenvalue weighted by Gasteiger charge is -2.37. The quantitative estimate of drug-likeness (QED) is 0.317. The second-order valence-electron chi connectivity index (χ2n) is 9.51. The molecule has 198 valence electrons. The lowest BCUT2D eigenvalue weighted by Crippen LogP contribution is -2.52. The van der Waals surface area contributed by atoms with Crippen molar-refractivity contribution in [3.8, 4) is 11.3 Å². The van der Waals surface area contributed by atoms with Gasteiger partial charge in [0.15, 0.2) is 5.82 Å². The fourth-order valence-corrected chi connectivity index (χ4v) is 5.01. The number of hydrogen-bond acceptors (Lipinski definition) is 5. The third-order valence-corrected chi connectivity index (χ3v) is 7.42. The summed E-state index contributed by atoms with van der Waals surface area (Å²) in [5, 5.41) is 9.42. The molecule has 0 saturated carbocycles. The van der Waals surface area contributed by atoms with Crippen LogP contribution < -0.4 is 4.90 Å². The first-order valence-electron chi connectivity index (χ1n) is 13.0. The van der Waals surface area contributed by atoms with E-state index in [-0.39, 0.29) is 24.4 Å². The summed E-state index contributed by atoms with van der Waals surface area (Å²) in [4.78, 5) is 32.5. The zero-order chi connectivity index (χ0) is 27.2. The van der Waals surface area contributed by atoms with Crippen LogP contribution in [0.3, 0.4) is 0 Å². The van der Waals surface area contributed by atoms with Crippen LogP contribution in [0.2, 0.25) is 5.02 Å². The molecule has 2 amide bonds. The summed E-state index contributed by atoms with van der Waals surface area (Å²) in [5.74, 6) is 0.533. The van der Waals surface area contributed by atoms with Gasteiger partial charge in [0, 0.05) is 37.3 Å². The van der Waals surface area contributed by atoms with Crippen molar-refractivity contribution >= 4 is 29.2 Å². The van der Waals surface area contributed by atoms with Crippen molar-refractivity contribution in [2.24, 2.45) is 0 Å². The molecule has 8 heteroatoms. The molecule has 1 aliphatic rings. The molecule has 0 spiro atoms. The Kier molecular flexibility index (Phi) is 8.18. The Labute approximate surface area is 233 Å². The van der Waals surface area contributed by atoms with Gasteiger partial charge in [-0.1, -0.05) is 78.3 Å². The monoisotopic (exact) mass is 539 g/mol. The van der Waals surface area contributed by atoms with Gasteiger partial charge in [-0.2, -0.15) is 0 Å². The number of carbonyl (C=O) groups is 2. The van der Waals surface area contributed by atoms with Crippen LogP contribution in [0, 0.1) is 0 Å². The lowest BCUT2D eigenvalue weighted by molar-refractivity contribution is -0.132. The number of carbonyl (C=O) groups excluding carboxylic acids is 2. The Morgan fingerprint density at radius 2 is 1.46 bits per heavy atom. The first kappa shape index (κ1) is 26.4. The number of nitrogens with zero attached hydrogens (tertiary/aromatic N) is 5. The smallest absolute Gasteiger partial charge is 0.254 e. The third kappa shape index (κ3) is 6.10. The van der Waals surface area contributed by atoms with Crippen molar-refractivity contribution in [1.82, 2.24) is 20.0 Å². The van der Waals surface area contributed by atoms with Gasteiger partial charge in [-0.05, 0) is 42.8 Å². The van der Waals surface area contributed by atoms with Gasteiger partial charge in [-0.3, -0.25) is 9.59 Å². The molecule has 1 aliphatic heterocycles. The molecule has 0 bridgehead atoms. The predicted octanol–water partition coefficient (Wildman–Crippen LogP) is 5.35. The third-order valence-electron chi connectivity index (χ3n) is 7.09. The number of benzene rings is 3. The van der Waals surface area contributed by atoms with E-state index in [2.05, 4.69) is 15.1 Å². The van der Waals surface area contributed by atoms with Crippen LogP contribution in [0.1, 0.15) is 28.9 Å². The number of rotatable bonds is 7. The highest BCUT2D eigenvalue weighted by molar-refractivity contribution is 6.33. The predicted molar refractivity (Wildman–Crippen MR) is 154 cm³/mol. The fraction of sp³-hybridized carbons (Fsp3) is 0.226. The van der Waals surface area contributed by atoms with Gasteiger partial charge < -0.3 is 14.7 Å². The largest absolute Gasteiger partial charge is 0.352 e. The Hall–Kier alpha value is -4.23. The first-order chi connectivity index (χ1) is 19.0. The van der Waals surface area contributed by atoms with E-state index >= 15 is 0 Å². The number of aromatic nitrogens is 2. The molecule has 2 heterocycles. The second-order valence-corrected chi connectivity index (χ2v) is 9.92. The Morgan fingerprint density at radius 1 is 0.821 bits per heavy atom. The molecule has 3 aromatic carbocycles. The number of anilines is 1. The average Bonchev–Trinajstić information content (AvgIpc) is 3.00. The molecule has 39 heavy (non-hydrogen) atoms. The SMILES string of the molecule is C[C@H](c1ccccc1)N(CC(=O)N1CCN(c2ccc(-c3ccccc3Cl)nn2)CC1)C(=O)c1ccccc1. The molecule has 5 rings (SSSR count). The number of amides is 2. The minimum Gasteiger partial charge on any atom is -0.352 e. The standard InChI is InChI=1S/C31H30ClN5O2/c1-23(24-10-4-2-5-11-24)37(31(39)25-12-6-3-7-13-25)22-30(38)36-20-18-35(19-21-36)29-17-16-28(33-34-29)26-14-8-9-15-27(26)32/h2-17,23H,18-22H2,1H3/t23-/m1/s1. The molecule has 0 unspecified atom stereocenters. The molecule has 0 aliphatic carbocycles. The van der Waals surface area contributed by atoms with Gasteiger partial charge in [0.25, 0.3) is 5.91 Å². The molecule has 0 N–H and O–H groups in total. The summed E-state index contributed by atoms with van der Waals surface area (Å²) >= 11 is 6.30. The Bertz CT molecular complexity index is 1410. The van der Waals surface area contributed by atoms with E-state index in [1.165, 1.54) is 0 Å². The molecule has 4 aromatic rings. The molecule has 7 nitrogen and oxygen atoms in total. The van der Waals surface area contributed by atoms with Gasteiger partial charge in [0.1, 0.15) is 6.54 Å². The summed E-state index contributed by atoms with van der Waals surface area (Å²) in [5.41, 5.74) is 3.11. The van der Waals surface area contributed by atoms with Crippen molar-refractivity contribution in [3.63, 3.8) is 0 Å². The average molecular weight is 540 g/mol. The number of halogens is 1. The maximum absolute atomic E-state index is 13.5. The normalized spacial score (nSPS) is 14.1. The van der Waals surface area contributed by atoms with Crippen LogP contribution in [-0.4, -0.2) is 64.5 Å². The molecule has 1 fully saturated rings. The summed E-state index contributed by atoms with van der Waals surface area (Å²) in [7, 11) is 0. The van der Waals surface area contributed by atoms with Gasteiger partial charge in [-0.15, -0.1) is 10.2 Å². The topological polar surface area (TPSA) is 69.6 Å². The molecular weight excluding hydrogens is 510 g/mol. The van der Waals surface area contributed by atoms with E-state index in [0.29, 0.717) is 42.5 Å².